The first-order valence-electron chi connectivity index (χ1n) is 8.13. The molecule has 1 N–H and O–H groups in total. The van der Waals surface area contributed by atoms with Gasteiger partial charge in [-0.15, -0.1) is 0 Å². The van der Waals surface area contributed by atoms with Gasteiger partial charge in [0.05, 0.1) is 24.1 Å². The number of alkyl halides is 3. The van der Waals surface area contributed by atoms with Gasteiger partial charge in [0.1, 0.15) is 0 Å². The van der Waals surface area contributed by atoms with Crippen LogP contribution in [0.25, 0.3) is 0 Å². The number of aliphatic hydroxyl groups is 1. The third kappa shape index (κ3) is 2.94. The topological polar surface area (TPSA) is 70.1 Å². The maximum absolute atomic E-state index is 13.0. The molecule has 2 saturated heterocycles. The molecule has 0 bridgehead atoms. The van der Waals surface area contributed by atoms with Crippen molar-refractivity contribution in [2.75, 3.05) is 20.2 Å². The zero-order valence-electron chi connectivity index (χ0n) is 14.2. The number of carbonyl (C=O) groups is 2. The Bertz CT molecular complexity index is 719. The van der Waals surface area contributed by atoms with Gasteiger partial charge in [-0.2, -0.15) is 13.2 Å². The zero-order chi connectivity index (χ0) is 19.3. The zero-order valence-corrected chi connectivity index (χ0v) is 15.1. The van der Waals surface area contributed by atoms with Crippen LogP contribution in [0.5, 0.6) is 5.06 Å². The average molecular weight is 392 g/mol. The van der Waals surface area contributed by atoms with E-state index in [2.05, 4.69) is 0 Å². The molecule has 26 heavy (non-hydrogen) atoms. The number of carbonyl (C=O) groups excluding carboxylic acids is 2. The maximum atomic E-state index is 13.0. The lowest BCUT2D eigenvalue weighted by molar-refractivity contribution is -0.250. The monoisotopic (exact) mass is 392 g/mol. The van der Waals surface area contributed by atoms with Crippen molar-refractivity contribution < 1.29 is 32.6 Å². The minimum Gasteiger partial charge on any atom is -0.487 e. The first-order valence-corrected chi connectivity index (χ1v) is 8.94. The molecule has 0 spiro atoms. The third-order valence-corrected chi connectivity index (χ3v) is 6.09. The van der Waals surface area contributed by atoms with Crippen LogP contribution in [0.15, 0.2) is 12.1 Å². The Morgan fingerprint density at radius 3 is 2.31 bits per heavy atom. The number of amides is 2. The van der Waals surface area contributed by atoms with E-state index in [9.17, 15) is 27.9 Å². The second kappa shape index (κ2) is 6.41. The largest absolute Gasteiger partial charge is 0.487 e. The van der Waals surface area contributed by atoms with E-state index in [1.807, 2.05) is 0 Å². The summed E-state index contributed by atoms with van der Waals surface area (Å²) in [6.45, 7) is 0.905. The summed E-state index contributed by atoms with van der Waals surface area (Å²) in [7, 11) is 1.50. The second-order valence-corrected chi connectivity index (χ2v) is 7.65. The number of halogens is 3. The fourth-order valence-electron chi connectivity index (χ4n) is 3.58. The lowest BCUT2D eigenvalue weighted by Crippen LogP contribution is -2.57. The highest BCUT2D eigenvalue weighted by Gasteiger charge is 2.59. The van der Waals surface area contributed by atoms with E-state index >= 15 is 0 Å². The summed E-state index contributed by atoms with van der Waals surface area (Å²) in [5.41, 5.74) is -3.43. The van der Waals surface area contributed by atoms with Crippen LogP contribution in [-0.2, 0) is 4.79 Å². The van der Waals surface area contributed by atoms with Crippen LogP contribution in [0.4, 0.5) is 13.2 Å². The normalized spacial score (nSPS) is 25.2. The molecule has 0 radical (unpaired) electrons. The van der Waals surface area contributed by atoms with Crippen molar-refractivity contribution in [2.45, 2.75) is 43.6 Å². The van der Waals surface area contributed by atoms with Crippen LogP contribution in [0, 0.1) is 0 Å². The van der Waals surface area contributed by atoms with E-state index in [1.54, 1.807) is 17.0 Å². The number of hydrogen-bond acceptors (Lipinski definition) is 5. The van der Waals surface area contributed by atoms with Crippen molar-refractivity contribution in [2.24, 2.45) is 0 Å². The van der Waals surface area contributed by atoms with Crippen molar-refractivity contribution in [3.8, 4) is 5.06 Å². The Labute approximate surface area is 152 Å². The van der Waals surface area contributed by atoms with Crippen molar-refractivity contribution in [1.82, 2.24) is 9.80 Å². The van der Waals surface area contributed by atoms with Gasteiger partial charge in [0.15, 0.2) is 5.06 Å². The smallest absolute Gasteiger partial charge is 0.426 e. The molecule has 2 amide bonds. The van der Waals surface area contributed by atoms with Crippen LogP contribution < -0.4 is 4.74 Å². The molecule has 10 heteroatoms. The first-order chi connectivity index (χ1) is 12.1. The molecular weight excluding hydrogens is 373 g/mol. The lowest BCUT2D eigenvalue weighted by Gasteiger charge is -2.32. The Hall–Kier alpha value is -1.81. The number of hydrogen-bond donors (Lipinski definition) is 1. The molecule has 6 nitrogen and oxygen atoms in total. The van der Waals surface area contributed by atoms with Crippen LogP contribution in [0.1, 0.15) is 29.4 Å². The molecule has 3 heterocycles. The quantitative estimate of drug-likeness (QED) is 0.853. The molecule has 2 aliphatic heterocycles. The summed E-state index contributed by atoms with van der Waals surface area (Å²) >= 11 is 1.19. The van der Waals surface area contributed by atoms with Gasteiger partial charge in [0.2, 0.25) is 5.60 Å². The SMILES string of the molecule is COc1ccc(C(=O)N2CC[C@H]3[C@@H]2CCN3C(=O)C(C)(O)C(F)(F)F)s1. The standard InChI is InChI=1S/C16H19F3N2O4S/c1-15(24,16(17,18)19)14(23)21-8-6-9-10(21)5-7-20(9)13(22)11-3-4-12(25-2)26-11/h3-4,9-10,24H,5-8H2,1-2H3/t9-,10-,15?/m0/s1. The molecule has 3 rings (SSSR count). The van der Waals surface area contributed by atoms with E-state index in [-0.39, 0.29) is 18.5 Å². The fraction of sp³-hybridized carbons (Fsp3) is 0.625. The Morgan fingerprint density at radius 2 is 1.77 bits per heavy atom. The molecule has 2 fully saturated rings. The second-order valence-electron chi connectivity index (χ2n) is 6.60. The van der Waals surface area contributed by atoms with E-state index in [1.165, 1.54) is 18.4 Å². The van der Waals surface area contributed by atoms with Gasteiger partial charge in [-0.25, -0.2) is 0 Å². The van der Waals surface area contributed by atoms with Crippen LogP contribution >= 0.6 is 11.3 Å². The summed E-state index contributed by atoms with van der Waals surface area (Å²) in [5.74, 6) is -1.58. The van der Waals surface area contributed by atoms with Gasteiger partial charge >= 0.3 is 6.18 Å². The molecular formula is C16H19F3N2O4S. The summed E-state index contributed by atoms with van der Waals surface area (Å²) in [6, 6.07) is 2.47. The van der Waals surface area contributed by atoms with Crippen LogP contribution in [0.3, 0.4) is 0 Å². The summed E-state index contributed by atoms with van der Waals surface area (Å²) in [4.78, 5) is 28.1. The molecule has 3 atom stereocenters. The summed E-state index contributed by atoms with van der Waals surface area (Å²) in [5, 5.41) is 10.3. The van der Waals surface area contributed by atoms with Gasteiger partial charge in [0, 0.05) is 13.1 Å². The maximum Gasteiger partial charge on any atom is 0.426 e. The minimum atomic E-state index is -5.05. The Kier molecular flexibility index (Phi) is 4.68. The van der Waals surface area contributed by atoms with Gasteiger partial charge in [0.25, 0.3) is 11.8 Å². The first kappa shape index (κ1) is 19.0. The van der Waals surface area contributed by atoms with Gasteiger partial charge < -0.3 is 19.6 Å². The summed E-state index contributed by atoms with van der Waals surface area (Å²) in [6.07, 6.45) is -4.28. The fourth-order valence-corrected chi connectivity index (χ4v) is 4.35. The van der Waals surface area contributed by atoms with Gasteiger partial charge in [-0.05, 0) is 31.9 Å². The predicted octanol–water partition coefficient (Wildman–Crippen LogP) is 1.89. The van der Waals surface area contributed by atoms with Crippen molar-refractivity contribution in [1.29, 1.82) is 0 Å². The van der Waals surface area contributed by atoms with E-state index in [0.29, 0.717) is 36.3 Å². The molecule has 144 valence electrons. The number of rotatable bonds is 3. The Balaban J connectivity index is 1.75. The lowest BCUT2D eigenvalue weighted by atomic mass is 10.0. The number of nitrogens with zero attached hydrogens (tertiary/aromatic N) is 2. The van der Waals surface area contributed by atoms with Gasteiger partial charge in [-0.1, -0.05) is 11.3 Å². The molecule has 1 aromatic heterocycles. The van der Waals surface area contributed by atoms with Crippen LogP contribution in [0.2, 0.25) is 0 Å². The van der Waals surface area contributed by atoms with Crippen molar-refractivity contribution >= 4 is 23.2 Å². The Morgan fingerprint density at radius 1 is 1.19 bits per heavy atom. The van der Waals surface area contributed by atoms with E-state index in [0.717, 1.165) is 4.90 Å². The molecule has 0 saturated carbocycles. The number of likely N-dealkylation sites (tertiary alicyclic amines) is 2. The molecule has 1 unspecified atom stereocenters. The number of ether oxygens (including phenoxy) is 1. The number of methoxy groups -OCH3 is 1. The number of thiophene rings is 1. The van der Waals surface area contributed by atoms with E-state index < -0.39 is 23.7 Å². The number of fused-ring (bicyclic) bond motifs is 1. The minimum absolute atomic E-state index is 0.0813. The predicted molar refractivity (Wildman–Crippen MR) is 87.1 cm³/mol. The molecule has 1 aromatic rings. The average Bonchev–Trinajstić information content (AvgIpc) is 3.27. The van der Waals surface area contributed by atoms with Crippen molar-refractivity contribution in [3.63, 3.8) is 0 Å². The third-order valence-electron chi connectivity index (χ3n) is 5.06. The highest BCUT2D eigenvalue weighted by molar-refractivity contribution is 7.15. The highest BCUT2D eigenvalue weighted by atomic mass is 32.1. The van der Waals surface area contributed by atoms with Crippen molar-refractivity contribution in [3.05, 3.63) is 17.0 Å². The summed E-state index contributed by atoms with van der Waals surface area (Å²) < 4.78 is 44.0. The van der Waals surface area contributed by atoms with Gasteiger partial charge in [-0.3, -0.25) is 9.59 Å². The molecule has 0 aliphatic carbocycles. The highest BCUT2D eigenvalue weighted by Crippen LogP contribution is 2.38. The van der Waals surface area contributed by atoms with Crippen LogP contribution in [-0.4, -0.2) is 70.8 Å². The van der Waals surface area contributed by atoms with E-state index in [4.69, 9.17) is 4.74 Å². The molecule has 2 aliphatic rings. The molecule has 0 aromatic carbocycles.